The van der Waals surface area contributed by atoms with Gasteiger partial charge in [0.2, 0.25) is 0 Å². The van der Waals surface area contributed by atoms with E-state index in [0.29, 0.717) is 4.47 Å². The molecule has 0 radical (unpaired) electrons. The van der Waals surface area contributed by atoms with E-state index in [-0.39, 0.29) is 23.7 Å². The van der Waals surface area contributed by atoms with E-state index in [1.165, 1.54) is 18.2 Å². The average molecular weight is 310 g/mol. The van der Waals surface area contributed by atoms with Crippen molar-refractivity contribution in [3.63, 3.8) is 0 Å². The lowest BCUT2D eigenvalue weighted by Gasteiger charge is -2.09. The molecule has 1 aromatic rings. The number of benzene rings is 1. The Hall–Kier alpha value is -1.11. The average Bonchev–Trinajstić information content (AvgIpc) is 2.19. The second kappa shape index (κ2) is 5.83. The van der Waals surface area contributed by atoms with Crippen LogP contribution in [-0.4, -0.2) is 10.0 Å². The highest BCUT2D eigenvalue weighted by atomic mass is 79.9. The first-order chi connectivity index (χ1) is 6.97. The molecule has 0 saturated heterocycles. The van der Waals surface area contributed by atoms with Gasteiger partial charge in [0.05, 0.1) is 11.0 Å². The summed E-state index contributed by atoms with van der Waals surface area (Å²) >= 11 is 3.11. The van der Waals surface area contributed by atoms with Crippen LogP contribution >= 0.6 is 28.3 Å². The molecule has 3 N–H and O–H groups in total. The summed E-state index contributed by atoms with van der Waals surface area (Å²) in [6.07, 6.45) is 1.39. The monoisotopic (exact) mass is 308 g/mol. The lowest BCUT2D eigenvalue weighted by molar-refractivity contribution is -0.386. The molecule has 0 aliphatic heterocycles. The second-order valence-electron chi connectivity index (χ2n) is 2.88. The number of hydrogen-bond donors (Lipinski definition) is 2. The number of phenolic OH excluding ortho intramolecular Hbond substituents is 1. The van der Waals surface area contributed by atoms with E-state index in [0.717, 1.165) is 0 Å². The molecule has 0 saturated carbocycles. The maximum Gasteiger partial charge on any atom is 0.312 e. The number of aromatic hydroxyl groups is 1. The molecule has 0 amide bonds. The van der Waals surface area contributed by atoms with Crippen molar-refractivity contribution in [2.45, 2.75) is 6.04 Å². The van der Waals surface area contributed by atoms with Crippen molar-refractivity contribution < 1.29 is 10.0 Å². The Kier molecular flexibility index (Phi) is 5.43. The van der Waals surface area contributed by atoms with Crippen LogP contribution in [0.25, 0.3) is 0 Å². The highest BCUT2D eigenvalue weighted by molar-refractivity contribution is 9.10. The quantitative estimate of drug-likeness (QED) is 0.510. The Labute approximate surface area is 107 Å². The molecule has 0 fully saturated rings. The summed E-state index contributed by atoms with van der Waals surface area (Å²) in [7, 11) is 0. The van der Waals surface area contributed by atoms with Crippen molar-refractivity contribution in [3.8, 4) is 5.75 Å². The molecule has 0 heterocycles. The van der Waals surface area contributed by atoms with E-state index >= 15 is 0 Å². The summed E-state index contributed by atoms with van der Waals surface area (Å²) in [4.78, 5) is 9.93. The molecule has 0 spiro atoms. The van der Waals surface area contributed by atoms with Crippen molar-refractivity contribution in [2.75, 3.05) is 0 Å². The van der Waals surface area contributed by atoms with Crippen LogP contribution in [0, 0.1) is 10.1 Å². The Morgan fingerprint density at radius 2 is 2.19 bits per heavy atom. The van der Waals surface area contributed by atoms with E-state index in [2.05, 4.69) is 22.5 Å². The number of nitrogens with two attached hydrogens (primary N) is 1. The van der Waals surface area contributed by atoms with Crippen LogP contribution in [0.3, 0.4) is 0 Å². The Morgan fingerprint density at radius 1 is 1.62 bits per heavy atom. The fourth-order valence-electron chi connectivity index (χ4n) is 1.13. The molecule has 1 atom stereocenters. The zero-order valence-corrected chi connectivity index (χ0v) is 10.5. The third kappa shape index (κ3) is 2.94. The Bertz CT molecular complexity index is 425. The van der Waals surface area contributed by atoms with Crippen molar-refractivity contribution >= 4 is 34.0 Å². The van der Waals surface area contributed by atoms with Crippen LogP contribution in [-0.2, 0) is 0 Å². The molecule has 0 aromatic heterocycles. The lowest BCUT2D eigenvalue weighted by Crippen LogP contribution is -2.07. The van der Waals surface area contributed by atoms with Gasteiger partial charge in [0.25, 0.3) is 0 Å². The molecule has 0 unspecified atom stereocenters. The largest absolute Gasteiger partial charge is 0.502 e. The van der Waals surface area contributed by atoms with E-state index in [1.54, 1.807) is 0 Å². The first-order valence-electron chi connectivity index (χ1n) is 4.02. The van der Waals surface area contributed by atoms with Gasteiger partial charge in [0, 0.05) is 16.1 Å². The molecule has 7 heteroatoms. The highest BCUT2D eigenvalue weighted by Gasteiger charge is 2.20. The SMILES string of the molecule is C=C[C@@H](N)c1cc(Br)cc([N+](=O)[O-])c1O.Cl. The summed E-state index contributed by atoms with van der Waals surface area (Å²) in [5.41, 5.74) is 5.50. The first kappa shape index (κ1) is 14.9. The fourth-order valence-corrected chi connectivity index (χ4v) is 1.59. The number of nitro benzene ring substituents is 1. The molecule has 16 heavy (non-hydrogen) atoms. The van der Waals surface area contributed by atoms with Crippen LogP contribution < -0.4 is 5.73 Å². The van der Waals surface area contributed by atoms with Gasteiger partial charge >= 0.3 is 5.69 Å². The first-order valence-corrected chi connectivity index (χ1v) is 4.81. The van der Waals surface area contributed by atoms with Crippen molar-refractivity contribution in [1.82, 2.24) is 0 Å². The summed E-state index contributed by atoms with van der Waals surface area (Å²) < 4.78 is 0.485. The number of phenols is 1. The minimum atomic E-state index is -0.667. The zero-order chi connectivity index (χ0) is 11.6. The van der Waals surface area contributed by atoms with Gasteiger partial charge in [-0.25, -0.2) is 0 Å². The zero-order valence-electron chi connectivity index (χ0n) is 8.09. The number of nitro groups is 1. The minimum absolute atomic E-state index is 0. The van der Waals surface area contributed by atoms with Gasteiger partial charge in [0.15, 0.2) is 5.75 Å². The standard InChI is InChI=1S/C9H9BrN2O3.ClH/c1-2-7(11)6-3-5(10)4-8(9(6)13)12(14)15;/h2-4,7,13H,1,11H2;1H/t7-;/m1./s1. The number of halogens is 2. The molecule has 1 aromatic carbocycles. The maximum atomic E-state index is 10.6. The maximum absolute atomic E-state index is 10.6. The molecule has 1 rings (SSSR count). The van der Waals surface area contributed by atoms with Gasteiger partial charge in [-0.05, 0) is 6.07 Å². The van der Waals surface area contributed by atoms with Crippen LogP contribution in [0.1, 0.15) is 11.6 Å². The topological polar surface area (TPSA) is 89.4 Å². The molecule has 0 bridgehead atoms. The van der Waals surface area contributed by atoms with Crippen LogP contribution in [0.4, 0.5) is 5.69 Å². The van der Waals surface area contributed by atoms with Gasteiger partial charge in [0.1, 0.15) is 0 Å². The van der Waals surface area contributed by atoms with Crippen molar-refractivity contribution in [2.24, 2.45) is 5.73 Å². The fraction of sp³-hybridized carbons (Fsp3) is 0.111. The van der Waals surface area contributed by atoms with Crippen LogP contribution in [0.5, 0.6) is 5.75 Å². The van der Waals surface area contributed by atoms with Crippen LogP contribution in [0.15, 0.2) is 29.3 Å². The Morgan fingerprint density at radius 3 is 2.62 bits per heavy atom. The number of hydrogen-bond acceptors (Lipinski definition) is 4. The summed E-state index contributed by atoms with van der Waals surface area (Å²) in [6, 6.07) is 2.10. The van der Waals surface area contributed by atoms with E-state index in [1.807, 2.05) is 0 Å². The number of rotatable bonds is 3. The molecular weight excluding hydrogens is 299 g/mol. The van der Waals surface area contributed by atoms with E-state index < -0.39 is 16.7 Å². The molecule has 88 valence electrons. The number of nitrogens with zero attached hydrogens (tertiary/aromatic N) is 1. The predicted octanol–water partition coefficient (Wildman–Crippen LogP) is 2.67. The minimum Gasteiger partial charge on any atom is -0.502 e. The van der Waals surface area contributed by atoms with Gasteiger partial charge in [-0.3, -0.25) is 10.1 Å². The van der Waals surface area contributed by atoms with Crippen molar-refractivity contribution in [3.05, 3.63) is 44.9 Å². The van der Waals surface area contributed by atoms with Gasteiger partial charge in [-0.2, -0.15) is 0 Å². The molecular formula is C9H10BrClN2O3. The van der Waals surface area contributed by atoms with Gasteiger partial charge in [-0.1, -0.05) is 22.0 Å². The molecule has 0 aliphatic carbocycles. The van der Waals surface area contributed by atoms with Crippen molar-refractivity contribution in [1.29, 1.82) is 0 Å². The normalized spacial score (nSPS) is 11.4. The highest BCUT2D eigenvalue weighted by Crippen LogP contribution is 2.36. The Balaban J connectivity index is 0.00000225. The van der Waals surface area contributed by atoms with Gasteiger partial charge < -0.3 is 10.8 Å². The predicted molar refractivity (Wildman–Crippen MR) is 66.8 cm³/mol. The van der Waals surface area contributed by atoms with Crippen LogP contribution in [0.2, 0.25) is 0 Å². The van der Waals surface area contributed by atoms with E-state index in [9.17, 15) is 15.2 Å². The summed E-state index contributed by atoms with van der Waals surface area (Å²) in [5, 5.41) is 20.2. The molecule has 0 aliphatic rings. The summed E-state index contributed by atoms with van der Waals surface area (Å²) in [6.45, 7) is 3.46. The summed E-state index contributed by atoms with van der Waals surface area (Å²) in [5.74, 6) is -0.421. The lowest BCUT2D eigenvalue weighted by atomic mass is 10.1. The molecule has 5 nitrogen and oxygen atoms in total. The third-order valence-electron chi connectivity index (χ3n) is 1.89. The smallest absolute Gasteiger partial charge is 0.312 e. The third-order valence-corrected chi connectivity index (χ3v) is 2.35. The second-order valence-corrected chi connectivity index (χ2v) is 3.80. The van der Waals surface area contributed by atoms with E-state index in [4.69, 9.17) is 5.73 Å². The van der Waals surface area contributed by atoms with Gasteiger partial charge in [-0.15, -0.1) is 19.0 Å².